The number of ether oxygens (including phenoxy) is 1. The van der Waals surface area contributed by atoms with E-state index in [1.807, 2.05) is 25.1 Å². The minimum Gasteiger partial charge on any atom is -0.385 e. The van der Waals surface area contributed by atoms with Gasteiger partial charge in [0.25, 0.3) is 0 Å². The van der Waals surface area contributed by atoms with Crippen LogP contribution in [0.5, 0.6) is 0 Å². The molecule has 0 aromatic heterocycles. The second kappa shape index (κ2) is 5.35. The molecule has 1 atom stereocenters. The lowest BCUT2D eigenvalue weighted by Crippen LogP contribution is -2.12. The van der Waals surface area contributed by atoms with Crippen LogP contribution in [0.1, 0.15) is 23.6 Å². The minimum absolute atomic E-state index is 0.00745. The van der Waals surface area contributed by atoms with E-state index in [0.29, 0.717) is 6.61 Å². The Hall–Kier alpha value is -0.570. The highest BCUT2D eigenvalue weighted by Gasteiger charge is 2.06. The van der Waals surface area contributed by atoms with Crippen LogP contribution in [0.15, 0.2) is 18.2 Å². The van der Waals surface area contributed by atoms with Crippen molar-refractivity contribution in [2.75, 3.05) is 13.7 Å². The summed E-state index contributed by atoms with van der Waals surface area (Å²) in [6.07, 6.45) is 0.815. The third kappa shape index (κ3) is 2.98. The second-order valence-electron chi connectivity index (χ2n) is 3.40. The molecule has 0 aliphatic rings. The number of benzene rings is 1. The molecule has 0 fully saturated rings. The summed E-state index contributed by atoms with van der Waals surface area (Å²) in [6, 6.07) is 5.94. The summed E-state index contributed by atoms with van der Waals surface area (Å²) in [5.41, 5.74) is 8.11. The van der Waals surface area contributed by atoms with Crippen LogP contribution in [0.3, 0.4) is 0 Å². The molecule has 78 valence electrons. The standard InChI is InChI=1S/C11H16ClNO/c1-8-3-4-9(7-10(8)12)11(13)5-6-14-2/h3-4,7,11H,5-6,13H2,1-2H3. The summed E-state index contributed by atoms with van der Waals surface area (Å²) < 4.78 is 4.97. The van der Waals surface area contributed by atoms with Crippen LogP contribution in [0.25, 0.3) is 0 Å². The smallest absolute Gasteiger partial charge is 0.0480 e. The molecule has 3 heteroatoms. The topological polar surface area (TPSA) is 35.2 Å². The summed E-state index contributed by atoms with van der Waals surface area (Å²) in [7, 11) is 1.68. The molecule has 2 N–H and O–H groups in total. The zero-order chi connectivity index (χ0) is 10.6. The van der Waals surface area contributed by atoms with Crippen molar-refractivity contribution in [2.24, 2.45) is 5.73 Å². The normalized spacial score (nSPS) is 12.9. The molecule has 0 spiro atoms. The highest BCUT2D eigenvalue weighted by molar-refractivity contribution is 6.31. The van der Waals surface area contributed by atoms with Gasteiger partial charge in [-0.05, 0) is 30.5 Å². The van der Waals surface area contributed by atoms with Crippen molar-refractivity contribution >= 4 is 11.6 Å². The lowest BCUT2D eigenvalue weighted by atomic mass is 10.0. The van der Waals surface area contributed by atoms with E-state index in [9.17, 15) is 0 Å². The molecule has 0 bridgehead atoms. The first-order valence-electron chi connectivity index (χ1n) is 4.65. The van der Waals surface area contributed by atoms with Gasteiger partial charge in [-0.2, -0.15) is 0 Å². The quantitative estimate of drug-likeness (QED) is 0.835. The van der Waals surface area contributed by atoms with E-state index < -0.39 is 0 Å². The van der Waals surface area contributed by atoms with E-state index >= 15 is 0 Å². The maximum Gasteiger partial charge on any atom is 0.0480 e. The van der Waals surface area contributed by atoms with Gasteiger partial charge in [0.15, 0.2) is 0 Å². The minimum atomic E-state index is 0.00745. The molecule has 1 unspecified atom stereocenters. The lowest BCUT2D eigenvalue weighted by Gasteiger charge is -2.12. The predicted octanol–water partition coefficient (Wildman–Crippen LogP) is 2.68. The van der Waals surface area contributed by atoms with Crippen molar-refractivity contribution in [3.8, 4) is 0 Å². The highest BCUT2D eigenvalue weighted by Crippen LogP contribution is 2.21. The van der Waals surface area contributed by atoms with Crippen molar-refractivity contribution < 1.29 is 4.74 Å². The van der Waals surface area contributed by atoms with Gasteiger partial charge in [0, 0.05) is 24.8 Å². The highest BCUT2D eigenvalue weighted by atomic mass is 35.5. The monoisotopic (exact) mass is 213 g/mol. The summed E-state index contributed by atoms with van der Waals surface area (Å²) in [5.74, 6) is 0. The molecule has 0 radical (unpaired) electrons. The van der Waals surface area contributed by atoms with Crippen molar-refractivity contribution in [1.29, 1.82) is 0 Å². The molecule has 1 aromatic rings. The number of nitrogens with two attached hydrogens (primary N) is 1. The van der Waals surface area contributed by atoms with Gasteiger partial charge in [0.2, 0.25) is 0 Å². The summed E-state index contributed by atoms with van der Waals surface area (Å²) in [5, 5.41) is 0.773. The van der Waals surface area contributed by atoms with E-state index in [1.54, 1.807) is 7.11 Å². The molecule has 0 aliphatic heterocycles. The molecule has 0 aliphatic carbocycles. The molecular weight excluding hydrogens is 198 g/mol. The summed E-state index contributed by atoms with van der Waals surface area (Å²) in [6.45, 7) is 2.65. The molecular formula is C11H16ClNO. The number of halogens is 1. The Balaban J connectivity index is 2.70. The van der Waals surface area contributed by atoms with Gasteiger partial charge in [-0.25, -0.2) is 0 Å². The van der Waals surface area contributed by atoms with Crippen LogP contribution in [0.2, 0.25) is 5.02 Å². The Kier molecular flexibility index (Phi) is 4.39. The van der Waals surface area contributed by atoms with Crippen LogP contribution in [0, 0.1) is 6.92 Å². The predicted molar refractivity (Wildman–Crippen MR) is 59.6 cm³/mol. The van der Waals surface area contributed by atoms with Crippen molar-refractivity contribution in [1.82, 2.24) is 0 Å². The van der Waals surface area contributed by atoms with E-state index in [4.69, 9.17) is 22.1 Å². The van der Waals surface area contributed by atoms with E-state index in [-0.39, 0.29) is 6.04 Å². The summed E-state index contributed by atoms with van der Waals surface area (Å²) >= 11 is 6.01. The molecule has 1 rings (SSSR count). The van der Waals surface area contributed by atoms with Crippen molar-refractivity contribution in [3.05, 3.63) is 34.3 Å². The first kappa shape index (κ1) is 11.5. The zero-order valence-corrected chi connectivity index (χ0v) is 9.34. The molecule has 0 amide bonds. The Morgan fingerprint density at radius 3 is 2.79 bits per heavy atom. The number of aryl methyl sites for hydroxylation is 1. The Morgan fingerprint density at radius 1 is 1.50 bits per heavy atom. The maximum atomic E-state index is 6.01. The number of hydrogen-bond donors (Lipinski definition) is 1. The van der Waals surface area contributed by atoms with Crippen LogP contribution in [0.4, 0.5) is 0 Å². The second-order valence-corrected chi connectivity index (χ2v) is 3.80. The molecule has 0 heterocycles. The zero-order valence-electron chi connectivity index (χ0n) is 8.59. The van der Waals surface area contributed by atoms with Gasteiger partial charge in [-0.15, -0.1) is 0 Å². The van der Waals surface area contributed by atoms with Crippen LogP contribution >= 0.6 is 11.6 Å². The van der Waals surface area contributed by atoms with Crippen molar-refractivity contribution in [2.45, 2.75) is 19.4 Å². The largest absolute Gasteiger partial charge is 0.385 e. The lowest BCUT2D eigenvalue weighted by molar-refractivity contribution is 0.188. The van der Waals surface area contributed by atoms with Gasteiger partial charge in [0.1, 0.15) is 0 Å². The number of methoxy groups -OCH3 is 1. The van der Waals surface area contributed by atoms with Gasteiger partial charge in [0.05, 0.1) is 0 Å². The Labute approximate surface area is 90.0 Å². The third-order valence-electron chi connectivity index (χ3n) is 2.26. The first-order valence-corrected chi connectivity index (χ1v) is 5.03. The van der Waals surface area contributed by atoms with Gasteiger partial charge in [-0.3, -0.25) is 0 Å². The van der Waals surface area contributed by atoms with E-state index in [1.165, 1.54) is 0 Å². The van der Waals surface area contributed by atoms with Gasteiger partial charge < -0.3 is 10.5 Å². The van der Waals surface area contributed by atoms with E-state index in [2.05, 4.69) is 0 Å². The first-order chi connectivity index (χ1) is 6.65. The number of hydrogen-bond acceptors (Lipinski definition) is 2. The van der Waals surface area contributed by atoms with Crippen molar-refractivity contribution in [3.63, 3.8) is 0 Å². The average molecular weight is 214 g/mol. The van der Waals surface area contributed by atoms with Gasteiger partial charge >= 0.3 is 0 Å². The molecule has 14 heavy (non-hydrogen) atoms. The van der Waals surface area contributed by atoms with Gasteiger partial charge in [-0.1, -0.05) is 23.7 Å². The molecule has 1 aromatic carbocycles. The molecule has 0 saturated carbocycles. The molecule has 0 saturated heterocycles. The fourth-order valence-electron chi connectivity index (χ4n) is 1.25. The maximum absolute atomic E-state index is 6.01. The fourth-order valence-corrected chi connectivity index (χ4v) is 1.44. The van der Waals surface area contributed by atoms with Crippen LogP contribution in [-0.4, -0.2) is 13.7 Å². The fraction of sp³-hybridized carbons (Fsp3) is 0.455. The summed E-state index contributed by atoms with van der Waals surface area (Å²) in [4.78, 5) is 0. The number of rotatable bonds is 4. The van der Waals surface area contributed by atoms with Crippen LogP contribution in [-0.2, 0) is 4.74 Å². The Morgan fingerprint density at radius 2 is 2.21 bits per heavy atom. The van der Waals surface area contributed by atoms with E-state index in [0.717, 1.165) is 22.6 Å². The average Bonchev–Trinajstić information content (AvgIpc) is 2.18. The molecule has 2 nitrogen and oxygen atoms in total. The Bertz CT molecular complexity index is 301. The third-order valence-corrected chi connectivity index (χ3v) is 2.66. The SMILES string of the molecule is COCCC(N)c1ccc(C)c(Cl)c1. The van der Waals surface area contributed by atoms with Crippen LogP contribution < -0.4 is 5.73 Å².